The van der Waals surface area contributed by atoms with E-state index in [-0.39, 0.29) is 10.8 Å². The molecule has 37 heavy (non-hydrogen) atoms. The van der Waals surface area contributed by atoms with E-state index in [1.54, 1.807) is 0 Å². The van der Waals surface area contributed by atoms with Gasteiger partial charge in [-0.1, -0.05) is 104 Å². The van der Waals surface area contributed by atoms with E-state index in [0.717, 1.165) is 36.8 Å². The molecule has 0 heterocycles. The lowest BCUT2D eigenvalue weighted by atomic mass is 9.70. The van der Waals surface area contributed by atoms with Gasteiger partial charge < -0.3 is 9.05 Å². The molecule has 1 N–H and O–H groups in total. The molecule has 204 valence electrons. The van der Waals surface area contributed by atoms with E-state index < -0.39 is 7.82 Å². The van der Waals surface area contributed by atoms with E-state index in [9.17, 15) is 9.46 Å². The Morgan fingerprint density at radius 1 is 0.676 bits per heavy atom. The van der Waals surface area contributed by atoms with E-state index in [2.05, 4.69) is 53.7 Å². The maximum atomic E-state index is 13.6. The van der Waals surface area contributed by atoms with Crippen LogP contribution in [0.5, 0.6) is 11.5 Å². The van der Waals surface area contributed by atoms with Gasteiger partial charge in [0.25, 0.3) is 0 Å². The van der Waals surface area contributed by atoms with Crippen LogP contribution in [0.1, 0.15) is 140 Å². The van der Waals surface area contributed by atoms with Gasteiger partial charge in [-0.3, -0.25) is 4.89 Å². The average Bonchev–Trinajstić information content (AvgIpc) is 2.84. The summed E-state index contributed by atoms with van der Waals surface area (Å²) in [5.41, 5.74) is 4.37. The van der Waals surface area contributed by atoms with E-state index in [1.165, 1.54) is 49.7 Å². The van der Waals surface area contributed by atoms with Crippen molar-refractivity contribution >= 4 is 7.82 Å². The fraction of sp³-hybridized carbons (Fsp3) is 0.625. The number of phosphoric acid groups is 1. The van der Waals surface area contributed by atoms with Crippen LogP contribution in [0.15, 0.2) is 36.4 Å². The summed E-state index contributed by atoms with van der Waals surface area (Å²) in [6.45, 7) is 13.3. The van der Waals surface area contributed by atoms with Crippen molar-refractivity contribution < 1.29 is 18.5 Å². The number of phosphoric ester groups is 1. The summed E-state index contributed by atoms with van der Waals surface area (Å²) in [7, 11) is -4.43. The summed E-state index contributed by atoms with van der Waals surface area (Å²) >= 11 is 0. The van der Waals surface area contributed by atoms with Crippen LogP contribution in [0.4, 0.5) is 0 Å². The quantitative estimate of drug-likeness (QED) is 0.348. The van der Waals surface area contributed by atoms with E-state index in [4.69, 9.17) is 9.05 Å². The van der Waals surface area contributed by atoms with Crippen molar-refractivity contribution in [3.05, 3.63) is 58.7 Å². The zero-order valence-corrected chi connectivity index (χ0v) is 24.7. The zero-order valence-electron chi connectivity index (χ0n) is 23.8. The molecule has 0 atom stereocenters. The van der Waals surface area contributed by atoms with Crippen LogP contribution in [0, 0.1) is 0 Å². The van der Waals surface area contributed by atoms with Crippen LogP contribution in [0.3, 0.4) is 0 Å². The molecule has 0 aromatic heterocycles. The molecule has 0 radical (unpaired) electrons. The highest BCUT2D eigenvalue weighted by atomic mass is 31.2. The van der Waals surface area contributed by atoms with Gasteiger partial charge in [0.15, 0.2) is 0 Å². The van der Waals surface area contributed by atoms with Gasteiger partial charge >= 0.3 is 7.82 Å². The van der Waals surface area contributed by atoms with Crippen molar-refractivity contribution in [1.82, 2.24) is 0 Å². The smallest absolute Gasteiger partial charge is 0.395 e. The van der Waals surface area contributed by atoms with Crippen LogP contribution in [-0.4, -0.2) is 4.89 Å². The Labute approximate surface area is 224 Å². The number of hydrogen-bond donors (Lipinski definition) is 1. The third-order valence-electron chi connectivity index (χ3n) is 8.98. The summed E-state index contributed by atoms with van der Waals surface area (Å²) in [6.07, 6.45) is 11.4. The Bertz CT molecular complexity index is 1040. The molecule has 5 heteroatoms. The number of rotatable bonds is 8. The highest BCUT2D eigenvalue weighted by Gasteiger charge is 2.37. The SMILES string of the molecule is CC(C)c1ccc(OP(=O)(O)Oc2ccc(C(C)C)cc2C2(C)CCCCC2)c(C2(C)CCCCC2)c1. The third kappa shape index (κ3) is 6.45. The zero-order chi connectivity index (χ0) is 26.8. The first kappa shape index (κ1) is 28.2. The van der Waals surface area contributed by atoms with Crippen LogP contribution in [-0.2, 0) is 15.4 Å². The summed E-state index contributed by atoms with van der Waals surface area (Å²) in [5, 5.41) is 0. The fourth-order valence-electron chi connectivity index (χ4n) is 6.39. The van der Waals surface area contributed by atoms with E-state index in [0.29, 0.717) is 23.3 Å². The summed E-state index contributed by atoms with van der Waals surface area (Å²) < 4.78 is 25.4. The largest absolute Gasteiger partial charge is 0.584 e. The average molecular weight is 527 g/mol. The molecule has 4 rings (SSSR count). The molecule has 2 fully saturated rings. The Morgan fingerprint density at radius 3 is 1.35 bits per heavy atom. The Hall–Kier alpha value is -1.77. The van der Waals surface area contributed by atoms with Crippen molar-refractivity contribution in [2.75, 3.05) is 0 Å². The first-order valence-electron chi connectivity index (χ1n) is 14.4. The van der Waals surface area contributed by atoms with Crippen molar-refractivity contribution in [3.63, 3.8) is 0 Å². The second kappa shape index (κ2) is 11.1. The fourth-order valence-corrected chi connectivity index (χ4v) is 7.24. The second-order valence-electron chi connectivity index (χ2n) is 12.7. The summed E-state index contributed by atoms with van der Waals surface area (Å²) in [6, 6.07) is 12.2. The molecule has 2 aromatic rings. The maximum absolute atomic E-state index is 13.6. The van der Waals surface area contributed by atoms with Gasteiger partial charge in [0, 0.05) is 11.1 Å². The molecule has 0 spiro atoms. The molecule has 2 saturated carbocycles. The molecule has 0 bridgehead atoms. The van der Waals surface area contributed by atoms with Gasteiger partial charge in [-0.2, -0.15) is 0 Å². The van der Waals surface area contributed by atoms with Crippen LogP contribution in [0.25, 0.3) is 0 Å². The molecule has 2 aliphatic carbocycles. The number of hydrogen-bond acceptors (Lipinski definition) is 3. The minimum absolute atomic E-state index is 0.0713. The minimum atomic E-state index is -4.43. The van der Waals surface area contributed by atoms with Crippen molar-refractivity contribution in [2.24, 2.45) is 0 Å². The van der Waals surface area contributed by atoms with Gasteiger partial charge in [-0.25, -0.2) is 4.57 Å². The molecule has 0 amide bonds. The Balaban J connectivity index is 1.68. The predicted octanol–water partition coefficient (Wildman–Crippen LogP) is 9.94. The lowest BCUT2D eigenvalue weighted by molar-refractivity contribution is 0.270. The van der Waals surface area contributed by atoms with E-state index >= 15 is 0 Å². The van der Waals surface area contributed by atoms with Gasteiger partial charge in [0.05, 0.1) is 0 Å². The lowest BCUT2D eigenvalue weighted by Gasteiger charge is -2.36. The van der Waals surface area contributed by atoms with Gasteiger partial charge in [0.1, 0.15) is 11.5 Å². The molecule has 0 unspecified atom stereocenters. The molecular formula is C32H47O4P. The van der Waals surface area contributed by atoms with Gasteiger partial charge in [-0.15, -0.1) is 0 Å². The predicted molar refractivity (Wildman–Crippen MR) is 153 cm³/mol. The molecule has 2 aliphatic rings. The Kier molecular flexibility index (Phi) is 8.51. The molecule has 0 aliphatic heterocycles. The van der Waals surface area contributed by atoms with Crippen molar-refractivity contribution in [2.45, 2.75) is 128 Å². The maximum Gasteiger partial charge on any atom is 0.584 e. The standard InChI is InChI=1S/C32H47O4P/c1-23(2)25-13-15-29(27(21-25)31(5)17-9-7-10-18-31)35-37(33,34)36-30-16-14-26(24(3)4)22-28(30)32(6)19-11-8-12-20-32/h13-16,21-24H,7-12,17-20H2,1-6H3,(H,33,34). The highest BCUT2D eigenvalue weighted by Crippen LogP contribution is 2.53. The monoisotopic (exact) mass is 526 g/mol. The minimum Gasteiger partial charge on any atom is -0.395 e. The lowest BCUT2D eigenvalue weighted by Crippen LogP contribution is -2.26. The van der Waals surface area contributed by atoms with Gasteiger partial charge in [0.2, 0.25) is 0 Å². The van der Waals surface area contributed by atoms with Crippen LogP contribution >= 0.6 is 7.82 Å². The normalized spacial score (nSPS) is 19.7. The first-order valence-corrected chi connectivity index (χ1v) is 15.9. The molecule has 4 nitrogen and oxygen atoms in total. The Morgan fingerprint density at radius 2 is 1.03 bits per heavy atom. The summed E-state index contributed by atoms with van der Waals surface area (Å²) in [5.74, 6) is 1.69. The first-order chi connectivity index (χ1) is 17.4. The van der Waals surface area contributed by atoms with Crippen LogP contribution in [0.2, 0.25) is 0 Å². The molecule has 0 saturated heterocycles. The van der Waals surface area contributed by atoms with Crippen LogP contribution < -0.4 is 9.05 Å². The third-order valence-corrected chi connectivity index (χ3v) is 9.84. The number of benzene rings is 2. The summed E-state index contributed by atoms with van der Waals surface area (Å²) in [4.78, 5) is 11.1. The second-order valence-corrected chi connectivity index (χ2v) is 14.0. The van der Waals surface area contributed by atoms with Crippen molar-refractivity contribution in [3.8, 4) is 11.5 Å². The van der Waals surface area contributed by atoms with Crippen molar-refractivity contribution in [1.29, 1.82) is 0 Å². The topological polar surface area (TPSA) is 55.8 Å². The van der Waals surface area contributed by atoms with Gasteiger partial charge in [-0.05, 0) is 71.6 Å². The van der Waals surface area contributed by atoms with E-state index in [1.807, 2.05) is 24.3 Å². The molecular weight excluding hydrogens is 479 g/mol. The highest BCUT2D eigenvalue weighted by molar-refractivity contribution is 7.48. The molecule has 2 aromatic carbocycles.